The smallest absolute Gasteiger partial charge is 0.334 e. The molecule has 19 heavy (non-hydrogen) atoms. The second kappa shape index (κ2) is 5.43. The third kappa shape index (κ3) is 2.78. The van der Waals surface area contributed by atoms with Gasteiger partial charge in [-0.05, 0) is 25.0 Å². The molecular formula is C17H20O2. The van der Waals surface area contributed by atoms with Crippen molar-refractivity contribution in [3.05, 3.63) is 59.2 Å². The van der Waals surface area contributed by atoms with Crippen LogP contribution in [0.3, 0.4) is 0 Å². The van der Waals surface area contributed by atoms with Crippen molar-refractivity contribution < 1.29 is 9.53 Å². The summed E-state index contributed by atoms with van der Waals surface area (Å²) in [4.78, 5) is 11.8. The highest BCUT2D eigenvalue weighted by Gasteiger charge is 2.34. The molecule has 1 aliphatic heterocycles. The Labute approximate surface area is 114 Å². The van der Waals surface area contributed by atoms with Gasteiger partial charge in [0, 0.05) is 17.9 Å². The first-order chi connectivity index (χ1) is 9.00. The van der Waals surface area contributed by atoms with Crippen LogP contribution in [0, 0.1) is 5.92 Å². The van der Waals surface area contributed by atoms with Crippen LogP contribution in [0.4, 0.5) is 0 Å². The van der Waals surface area contributed by atoms with Gasteiger partial charge in [0.05, 0.1) is 0 Å². The van der Waals surface area contributed by atoms with Gasteiger partial charge >= 0.3 is 5.97 Å². The van der Waals surface area contributed by atoms with E-state index < -0.39 is 0 Å². The molecule has 100 valence electrons. The first-order valence-corrected chi connectivity index (χ1v) is 6.61. The normalized spacial score (nSPS) is 20.4. The summed E-state index contributed by atoms with van der Waals surface area (Å²) in [7, 11) is 0. The van der Waals surface area contributed by atoms with Crippen LogP contribution < -0.4 is 0 Å². The zero-order valence-electron chi connectivity index (χ0n) is 11.8. The van der Waals surface area contributed by atoms with Crippen molar-refractivity contribution in [2.24, 2.45) is 5.92 Å². The Bertz CT molecular complexity index is 525. The van der Waals surface area contributed by atoms with Crippen molar-refractivity contribution in [1.82, 2.24) is 0 Å². The SMILES string of the molecule is C=C(C)C(C)C1=C(C)C(=O)OC1Cc1ccccc1. The Hall–Kier alpha value is -1.83. The van der Waals surface area contributed by atoms with Crippen LogP contribution in [0.15, 0.2) is 53.6 Å². The topological polar surface area (TPSA) is 26.3 Å². The van der Waals surface area contributed by atoms with E-state index in [0.29, 0.717) is 0 Å². The number of cyclic esters (lactones) is 1. The molecule has 0 radical (unpaired) electrons. The van der Waals surface area contributed by atoms with Crippen molar-refractivity contribution in [3.63, 3.8) is 0 Å². The molecule has 0 amide bonds. The molecule has 0 saturated carbocycles. The Morgan fingerprint density at radius 1 is 1.37 bits per heavy atom. The Balaban J connectivity index is 2.26. The molecule has 1 aromatic carbocycles. The summed E-state index contributed by atoms with van der Waals surface area (Å²) in [5, 5.41) is 0. The van der Waals surface area contributed by atoms with E-state index in [1.807, 2.05) is 32.0 Å². The highest BCUT2D eigenvalue weighted by atomic mass is 16.5. The third-order valence-corrected chi connectivity index (χ3v) is 3.81. The van der Waals surface area contributed by atoms with Crippen LogP contribution in [0.1, 0.15) is 26.3 Å². The fourth-order valence-electron chi connectivity index (χ4n) is 2.49. The van der Waals surface area contributed by atoms with Gasteiger partial charge in [-0.3, -0.25) is 0 Å². The monoisotopic (exact) mass is 256 g/mol. The number of carbonyl (C=O) groups is 1. The number of allylic oxidation sites excluding steroid dienone is 1. The Morgan fingerprint density at radius 3 is 2.58 bits per heavy atom. The summed E-state index contributed by atoms with van der Waals surface area (Å²) in [5.74, 6) is -0.0100. The molecule has 1 aliphatic rings. The van der Waals surface area contributed by atoms with Crippen LogP contribution in [0.2, 0.25) is 0 Å². The van der Waals surface area contributed by atoms with Crippen LogP contribution >= 0.6 is 0 Å². The molecule has 2 atom stereocenters. The molecule has 0 aliphatic carbocycles. The van der Waals surface area contributed by atoms with Crippen molar-refractivity contribution >= 4 is 5.97 Å². The first kappa shape index (κ1) is 13.6. The van der Waals surface area contributed by atoms with Crippen molar-refractivity contribution in [2.75, 3.05) is 0 Å². The molecule has 2 nitrogen and oxygen atoms in total. The summed E-state index contributed by atoms with van der Waals surface area (Å²) >= 11 is 0. The fourth-order valence-corrected chi connectivity index (χ4v) is 2.49. The average molecular weight is 256 g/mol. The first-order valence-electron chi connectivity index (χ1n) is 6.61. The van der Waals surface area contributed by atoms with Crippen LogP contribution in [-0.2, 0) is 16.0 Å². The standard InChI is InChI=1S/C17H20O2/c1-11(2)12(3)16-13(4)17(18)19-15(16)10-14-8-6-5-7-9-14/h5-9,12,15H,1,10H2,2-4H3. The number of carbonyl (C=O) groups excluding carboxylic acids is 1. The predicted molar refractivity (Wildman–Crippen MR) is 76.7 cm³/mol. The number of esters is 1. The van der Waals surface area contributed by atoms with E-state index in [4.69, 9.17) is 4.74 Å². The molecular weight excluding hydrogens is 236 g/mol. The van der Waals surface area contributed by atoms with E-state index in [0.717, 1.165) is 23.1 Å². The number of hydrogen-bond acceptors (Lipinski definition) is 2. The lowest BCUT2D eigenvalue weighted by atomic mass is 9.86. The van der Waals surface area contributed by atoms with Gasteiger partial charge in [0.25, 0.3) is 0 Å². The maximum atomic E-state index is 11.8. The number of hydrogen-bond donors (Lipinski definition) is 0. The summed E-state index contributed by atoms with van der Waals surface area (Å²) in [5.41, 5.74) is 4.07. The molecule has 1 aromatic rings. The molecule has 0 aromatic heterocycles. The number of ether oxygens (including phenoxy) is 1. The quantitative estimate of drug-likeness (QED) is 0.606. The summed E-state index contributed by atoms with van der Waals surface area (Å²) in [6, 6.07) is 10.1. The molecule has 0 N–H and O–H groups in total. The van der Waals surface area contributed by atoms with Gasteiger partial charge in [-0.15, -0.1) is 0 Å². The van der Waals surface area contributed by atoms with Gasteiger partial charge in [-0.2, -0.15) is 0 Å². The van der Waals surface area contributed by atoms with Crippen molar-refractivity contribution in [2.45, 2.75) is 33.3 Å². The summed E-state index contributed by atoms with van der Waals surface area (Å²) in [6.45, 7) is 9.93. The van der Waals surface area contributed by atoms with E-state index in [1.165, 1.54) is 5.56 Å². The van der Waals surface area contributed by atoms with Crippen LogP contribution in [0.25, 0.3) is 0 Å². The van der Waals surface area contributed by atoms with Gasteiger partial charge in [-0.25, -0.2) is 4.79 Å². The average Bonchev–Trinajstić information content (AvgIpc) is 2.65. The number of rotatable bonds is 4. The molecule has 2 heteroatoms. The van der Waals surface area contributed by atoms with Crippen LogP contribution in [0.5, 0.6) is 0 Å². The van der Waals surface area contributed by atoms with E-state index in [-0.39, 0.29) is 18.0 Å². The molecule has 1 heterocycles. The van der Waals surface area contributed by atoms with E-state index >= 15 is 0 Å². The van der Waals surface area contributed by atoms with Gasteiger partial charge in [0.15, 0.2) is 0 Å². The minimum absolute atomic E-state index is 0.151. The largest absolute Gasteiger partial charge is 0.454 e. The van der Waals surface area contributed by atoms with Gasteiger partial charge in [0.1, 0.15) is 6.10 Å². The lowest BCUT2D eigenvalue weighted by Crippen LogP contribution is -2.19. The fraction of sp³-hybridized carbons (Fsp3) is 0.353. The zero-order valence-corrected chi connectivity index (χ0v) is 11.8. The minimum Gasteiger partial charge on any atom is -0.454 e. The molecule has 2 rings (SSSR count). The second-order valence-corrected chi connectivity index (χ2v) is 5.23. The Kier molecular flexibility index (Phi) is 3.89. The lowest BCUT2D eigenvalue weighted by Gasteiger charge is -2.20. The zero-order chi connectivity index (χ0) is 14.0. The van der Waals surface area contributed by atoms with Crippen molar-refractivity contribution in [3.8, 4) is 0 Å². The van der Waals surface area contributed by atoms with Gasteiger partial charge < -0.3 is 4.74 Å². The second-order valence-electron chi connectivity index (χ2n) is 5.23. The minimum atomic E-state index is -0.191. The molecule has 0 bridgehead atoms. The predicted octanol–water partition coefficient (Wildman–Crippen LogP) is 3.68. The summed E-state index contributed by atoms with van der Waals surface area (Å²) in [6.07, 6.45) is 0.582. The highest BCUT2D eigenvalue weighted by Crippen LogP contribution is 2.33. The van der Waals surface area contributed by atoms with E-state index in [2.05, 4.69) is 25.6 Å². The third-order valence-electron chi connectivity index (χ3n) is 3.81. The molecule has 0 fully saturated rings. The molecule has 2 unspecified atom stereocenters. The van der Waals surface area contributed by atoms with E-state index in [1.54, 1.807) is 0 Å². The van der Waals surface area contributed by atoms with Gasteiger partial charge in [-0.1, -0.05) is 49.4 Å². The lowest BCUT2D eigenvalue weighted by molar-refractivity contribution is -0.139. The maximum absolute atomic E-state index is 11.8. The summed E-state index contributed by atoms with van der Waals surface area (Å²) < 4.78 is 5.51. The molecule has 0 spiro atoms. The van der Waals surface area contributed by atoms with Crippen LogP contribution in [-0.4, -0.2) is 12.1 Å². The number of benzene rings is 1. The van der Waals surface area contributed by atoms with Crippen molar-refractivity contribution in [1.29, 1.82) is 0 Å². The molecule has 0 saturated heterocycles. The van der Waals surface area contributed by atoms with E-state index in [9.17, 15) is 4.79 Å². The Morgan fingerprint density at radius 2 is 2.00 bits per heavy atom. The maximum Gasteiger partial charge on any atom is 0.334 e. The highest BCUT2D eigenvalue weighted by molar-refractivity contribution is 5.92. The van der Waals surface area contributed by atoms with Gasteiger partial charge in [0.2, 0.25) is 0 Å².